The fourth-order valence-electron chi connectivity index (χ4n) is 1.88. The predicted octanol–water partition coefficient (Wildman–Crippen LogP) is 2.62. The molecule has 0 radical (unpaired) electrons. The average Bonchev–Trinajstić information content (AvgIpc) is 2.47. The normalized spacial score (nSPS) is 10.9. The maximum Gasteiger partial charge on any atom is 0.258 e. The van der Waals surface area contributed by atoms with Gasteiger partial charge < -0.3 is 5.73 Å². The Hall–Kier alpha value is -2.05. The highest BCUT2D eigenvalue weighted by Crippen LogP contribution is 2.26. The first kappa shape index (κ1) is 13.9. The largest absolute Gasteiger partial charge is 0.397 e. The highest BCUT2D eigenvalue weighted by molar-refractivity contribution is 7.98. The number of pyridine rings is 2. The molecule has 3 rings (SSSR count). The van der Waals surface area contributed by atoms with Crippen LogP contribution in [0.5, 0.6) is 0 Å². The van der Waals surface area contributed by atoms with E-state index in [9.17, 15) is 4.79 Å². The third-order valence-electron chi connectivity index (χ3n) is 2.86. The van der Waals surface area contributed by atoms with Gasteiger partial charge in [0.15, 0.2) is 0 Å². The second kappa shape index (κ2) is 5.75. The Morgan fingerprint density at radius 3 is 3.00 bits per heavy atom. The molecule has 7 heteroatoms. The number of aromatic nitrogens is 3. The molecule has 2 N–H and O–H groups in total. The first-order valence-corrected chi connectivity index (χ1v) is 7.50. The molecule has 21 heavy (non-hydrogen) atoms. The summed E-state index contributed by atoms with van der Waals surface area (Å²) in [4.78, 5) is 21.4. The molecule has 3 aromatic heterocycles. The van der Waals surface area contributed by atoms with Crippen LogP contribution in [0.3, 0.4) is 0 Å². The van der Waals surface area contributed by atoms with Gasteiger partial charge in [0.2, 0.25) is 0 Å². The van der Waals surface area contributed by atoms with E-state index in [-0.39, 0.29) is 5.56 Å². The monoisotopic (exact) mass is 318 g/mol. The second-order valence-corrected chi connectivity index (χ2v) is 5.82. The molecule has 0 saturated carbocycles. The minimum absolute atomic E-state index is 0.152. The number of fused-ring (bicyclic) bond motifs is 1. The lowest BCUT2D eigenvalue weighted by Crippen LogP contribution is -2.15. The van der Waals surface area contributed by atoms with Crippen molar-refractivity contribution in [3.63, 3.8) is 0 Å². The SMILES string of the molecule is Nc1cnccc1SCc1cc(=O)n2cc(Cl)ccc2n1. The summed E-state index contributed by atoms with van der Waals surface area (Å²) in [6, 6.07) is 6.78. The van der Waals surface area contributed by atoms with Gasteiger partial charge in [-0.1, -0.05) is 11.6 Å². The maximum atomic E-state index is 12.1. The minimum Gasteiger partial charge on any atom is -0.397 e. The van der Waals surface area contributed by atoms with Crippen molar-refractivity contribution in [3.05, 3.63) is 63.9 Å². The van der Waals surface area contributed by atoms with E-state index in [0.717, 1.165) is 4.90 Å². The lowest BCUT2D eigenvalue weighted by atomic mass is 10.4. The van der Waals surface area contributed by atoms with E-state index in [1.807, 2.05) is 6.07 Å². The van der Waals surface area contributed by atoms with Crippen LogP contribution in [0.1, 0.15) is 5.69 Å². The van der Waals surface area contributed by atoms with E-state index < -0.39 is 0 Å². The second-order valence-electron chi connectivity index (χ2n) is 4.36. The van der Waals surface area contributed by atoms with Gasteiger partial charge in [0.1, 0.15) is 5.65 Å². The first-order chi connectivity index (χ1) is 10.1. The van der Waals surface area contributed by atoms with Crippen molar-refractivity contribution in [2.24, 2.45) is 0 Å². The number of hydrogen-bond donors (Lipinski definition) is 1. The molecule has 0 unspecified atom stereocenters. The van der Waals surface area contributed by atoms with Crippen LogP contribution in [0.2, 0.25) is 5.02 Å². The number of halogens is 1. The highest BCUT2D eigenvalue weighted by atomic mass is 35.5. The van der Waals surface area contributed by atoms with Gasteiger partial charge in [0.25, 0.3) is 5.56 Å². The highest BCUT2D eigenvalue weighted by Gasteiger charge is 2.05. The van der Waals surface area contributed by atoms with Crippen LogP contribution in [0, 0.1) is 0 Å². The Morgan fingerprint density at radius 2 is 2.19 bits per heavy atom. The standard InChI is InChI=1S/C14H11ClN4OS/c15-9-1-2-13-18-10(5-14(20)19(13)7-9)8-21-12-3-4-17-6-11(12)16/h1-7H,8,16H2. The van der Waals surface area contributed by atoms with Crippen molar-refractivity contribution in [2.45, 2.75) is 10.6 Å². The lowest BCUT2D eigenvalue weighted by Gasteiger charge is -2.06. The molecule has 3 aromatic rings. The summed E-state index contributed by atoms with van der Waals surface area (Å²) >= 11 is 7.40. The summed E-state index contributed by atoms with van der Waals surface area (Å²) in [6.45, 7) is 0. The van der Waals surface area contributed by atoms with Gasteiger partial charge in [0.05, 0.1) is 22.6 Å². The minimum atomic E-state index is -0.152. The molecular formula is C14H11ClN4OS. The quantitative estimate of drug-likeness (QED) is 0.751. The number of thioether (sulfide) groups is 1. The van der Waals surface area contributed by atoms with Gasteiger partial charge >= 0.3 is 0 Å². The summed E-state index contributed by atoms with van der Waals surface area (Å²) in [6.07, 6.45) is 4.85. The van der Waals surface area contributed by atoms with Crippen molar-refractivity contribution in [2.75, 3.05) is 5.73 Å². The molecule has 0 bridgehead atoms. The van der Waals surface area contributed by atoms with Crippen molar-refractivity contribution >= 4 is 34.7 Å². The van der Waals surface area contributed by atoms with Crippen LogP contribution in [-0.2, 0) is 5.75 Å². The third kappa shape index (κ3) is 3.01. The van der Waals surface area contributed by atoms with E-state index in [2.05, 4.69) is 9.97 Å². The molecule has 0 saturated heterocycles. The Morgan fingerprint density at radius 1 is 1.33 bits per heavy atom. The maximum absolute atomic E-state index is 12.1. The molecule has 0 spiro atoms. The van der Waals surface area contributed by atoms with Crippen molar-refractivity contribution < 1.29 is 0 Å². The number of anilines is 1. The van der Waals surface area contributed by atoms with Gasteiger partial charge in [-0.2, -0.15) is 0 Å². The Balaban J connectivity index is 1.90. The zero-order chi connectivity index (χ0) is 14.8. The summed E-state index contributed by atoms with van der Waals surface area (Å²) in [5.41, 5.74) is 7.57. The average molecular weight is 319 g/mol. The van der Waals surface area contributed by atoms with E-state index >= 15 is 0 Å². The van der Waals surface area contributed by atoms with Gasteiger partial charge in [-0.25, -0.2) is 4.98 Å². The lowest BCUT2D eigenvalue weighted by molar-refractivity contribution is 1.01. The molecular weight excluding hydrogens is 308 g/mol. The van der Waals surface area contributed by atoms with Crippen LogP contribution < -0.4 is 11.3 Å². The van der Waals surface area contributed by atoms with Crippen LogP contribution in [-0.4, -0.2) is 14.4 Å². The van der Waals surface area contributed by atoms with Crippen molar-refractivity contribution in [1.82, 2.24) is 14.4 Å². The summed E-state index contributed by atoms with van der Waals surface area (Å²) in [7, 11) is 0. The smallest absolute Gasteiger partial charge is 0.258 e. The van der Waals surface area contributed by atoms with Gasteiger partial charge in [-0.05, 0) is 18.2 Å². The van der Waals surface area contributed by atoms with Crippen LogP contribution in [0.25, 0.3) is 5.65 Å². The Kier molecular flexibility index (Phi) is 3.81. The first-order valence-electron chi connectivity index (χ1n) is 6.13. The molecule has 5 nitrogen and oxygen atoms in total. The third-order valence-corrected chi connectivity index (χ3v) is 4.21. The van der Waals surface area contributed by atoms with E-state index in [0.29, 0.717) is 27.8 Å². The summed E-state index contributed by atoms with van der Waals surface area (Å²) in [5.74, 6) is 0.558. The summed E-state index contributed by atoms with van der Waals surface area (Å²) in [5, 5.41) is 0.498. The molecule has 3 heterocycles. The predicted molar refractivity (Wildman–Crippen MR) is 84.7 cm³/mol. The Bertz CT molecular complexity index is 865. The van der Waals surface area contributed by atoms with E-state index in [1.54, 1.807) is 30.7 Å². The number of hydrogen-bond acceptors (Lipinski definition) is 5. The molecule has 0 fully saturated rings. The van der Waals surface area contributed by atoms with E-state index in [4.69, 9.17) is 17.3 Å². The molecule has 0 atom stereocenters. The number of nitrogens with zero attached hydrogens (tertiary/aromatic N) is 3. The van der Waals surface area contributed by atoms with Crippen molar-refractivity contribution in [3.8, 4) is 0 Å². The molecule has 0 aliphatic rings. The van der Waals surface area contributed by atoms with Gasteiger partial charge in [-0.3, -0.25) is 14.2 Å². The van der Waals surface area contributed by atoms with Crippen LogP contribution >= 0.6 is 23.4 Å². The van der Waals surface area contributed by atoms with Gasteiger partial charge in [-0.15, -0.1) is 11.8 Å². The number of rotatable bonds is 3. The Labute approximate surface area is 129 Å². The molecule has 0 aliphatic carbocycles. The fraction of sp³-hybridized carbons (Fsp3) is 0.0714. The van der Waals surface area contributed by atoms with E-state index in [1.165, 1.54) is 22.2 Å². The fourth-order valence-corrected chi connectivity index (χ4v) is 2.87. The topological polar surface area (TPSA) is 73.3 Å². The zero-order valence-corrected chi connectivity index (χ0v) is 12.4. The van der Waals surface area contributed by atoms with Gasteiger partial charge in [0, 0.05) is 29.1 Å². The summed E-state index contributed by atoms with van der Waals surface area (Å²) < 4.78 is 1.43. The van der Waals surface area contributed by atoms with Crippen LogP contribution in [0.15, 0.2) is 52.5 Å². The number of nitrogen functional groups attached to an aromatic ring is 1. The molecule has 106 valence electrons. The molecule has 0 amide bonds. The zero-order valence-electron chi connectivity index (χ0n) is 10.9. The number of nitrogens with two attached hydrogens (primary N) is 1. The van der Waals surface area contributed by atoms with Crippen LogP contribution in [0.4, 0.5) is 5.69 Å². The van der Waals surface area contributed by atoms with Crippen molar-refractivity contribution in [1.29, 1.82) is 0 Å². The molecule has 0 aliphatic heterocycles. The molecule has 0 aromatic carbocycles.